The number of esters is 1. The molecule has 3 aromatic carbocycles. The summed E-state index contributed by atoms with van der Waals surface area (Å²) in [5, 5.41) is -0.0439. The predicted molar refractivity (Wildman–Crippen MR) is 133 cm³/mol. The van der Waals surface area contributed by atoms with Gasteiger partial charge >= 0.3 is 5.97 Å². The molecule has 1 saturated heterocycles. The normalized spacial score (nSPS) is 21.9. The van der Waals surface area contributed by atoms with Gasteiger partial charge in [0, 0.05) is 6.92 Å². The van der Waals surface area contributed by atoms with Crippen molar-refractivity contribution in [3.05, 3.63) is 108 Å². The third-order valence-electron chi connectivity index (χ3n) is 5.51. The van der Waals surface area contributed by atoms with Crippen LogP contribution in [0.15, 0.2) is 91.0 Å². The van der Waals surface area contributed by atoms with Crippen molar-refractivity contribution >= 4 is 17.7 Å². The Morgan fingerprint density at radius 2 is 1.18 bits per heavy atom. The SMILES string of the molecule is CC(=O)O[C@H]1S[C@H](COCc2ccccc2)[C@@H](OCc2ccccc2)[C@@H]1OCc1ccccc1. The van der Waals surface area contributed by atoms with Crippen molar-refractivity contribution in [3.8, 4) is 0 Å². The van der Waals surface area contributed by atoms with Crippen LogP contribution in [-0.2, 0) is 43.6 Å². The molecule has 4 rings (SSSR count). The molecule has 34 heavy (non-hydrogen) atoms. The Labute approximate surface area is 205 Å². The Kier molecular flexibility index (Phi) is 9.16. The van der Waals surface area contributed by atoms with Gasteiger partial charge in [0.15, 0.2) is 5.44 Å². The predicted octanol–water partition coefficient (Wildman–Crippen LogP) is 5.38. The zero-order chi connectivity index (χ0) is 23.6. The number of benzene rings is 3. The van der Waals surface area contributed by atoms with Crippen molar-refractivity contribution in [3.63, 3.8) is 0 Å². The minimum Gasteiger partial charge on any atom is -0.449 e. The summed E-state index contributed by atoms with van der Waals surface area (Å²) in [5.74, 6) is -0.335. The summed E-state index contributed by atoms with van der Waals surface area (Å²) in [5.41, 5.74) is 2.78. The fourth-order valence-corrected chi connectivity index (χ4v) is 5.35. The van der Waals surface area contributed by atoms with Gasteiger partial charge in [-0.15, -0.1) is 11.8 Å². The molecule has 0 amide bonds. The lowest BCUT2D eigenvalue weighted by Crippen LogP contribution is -2.40. The Morgan fingerprint density at radius 1 is 0.706 bits per heavy atom. The Hall–Kier alpha value is -2.64. The van der Waals surface area contributed by atoms with Gasteiger partial charge in [0.1, 0.15) is 12.2 Å². The Balaban J connectivity index is 1.47. The molecule has 0 spiro atoms. The van der Waals surface area contributed by atoms with Crippen LogP contribution in [0.4, 0.5) is 0 Å². The average molecular weight is 479 g/mol. The molecule has 0 aromatic heterocycles. The summed E-state index contributed by atoms with van der Waals surface area (Å²) in [7, 11) is 0. The second kappa shape index (κ2) is 12.7. The van der Waals surface area contributed by atoms with E-state index in [4.69, 9.17) is 18.9 Å². The smallest absolute Gasteiger partial charge is 0.303 e. The molecule has 1 aliphatic heterocycles. The molecule has 0 bridgehead atoms. The van der Waals surface area contributed by atoms with Gasteiger partial charge < -0.3 is 18.9 Å². The quantitative estimate of drug-likeness (QED) is 0.345. The largest absolute Gasteiger partial charge is 0.449 e. The number of carbonyl (C=O) groups excluding carboxylic acids is 1. The lowest BCUT2D eigenvalue weighted by molar-refractivity contribution is -0.155. The van der Waals surface area contributed by atoms with E-state index in [1.807, 2.05) is 91.0 Å². The topological polar surface area (TPSA) is 54.0 Å². The van der Waals surface area contributed by atoms with Crippen LogP contribution in [0.2, 0.25) is 0 Å². The van der Waals surface area contributed by atoms with Crippen molar-refractivity contribution in [2.75, 3.05) is 6.61 Å². The molecule has 0 aliphatic carbocycles. The standard InChI is InChI=1S/C28H30O5S/c1-21(29)33-28-27(32-19-24-15-9-4-10-16-24)26(31-18-23-13-7-3-8-14-23)25(34-28)20-30-17-22-11-5-2-6-12-22/h2-16,25-28H,17-20H2,1H3/t25-,26-,27+,28+/m1/s1. The highest BCUT2D eigenvalue weighted by Crippen LogP contribution is 2.40. The van der Waals surface area contributed by atoms with E-state index in [2.05, 4.69) is 0 Å². The van der Waals surface area contributed by atoms with E-state index < -0.39 is 11.5 Å². The van der Waals surface area contributed by atoms with Gasteiger partial charge in [-0.2, -0.15) is 0 Å². The maximum Gasteiger partial charge on any atom is 0.303 e. The number of ether oxygens (including phenoxy) is 4. The van der Waals surface area contributed by atoms with Gasteiger partial charge in [0.25, 0.3) is 0 Å². The molecule has 1 fully saturated rings. The molecule has 4 atom stereocenters. The van der Waals surface area contributed by atoms with E-state index in [1.54, 1.807) is 11.8 Å². The van der Waals surface area contributed by atoms with Crippen LogP contribution in [-0.4, -0.2) is 35.5 Å². The molecular weight excluding hydrogens is 448 g/mol. The molecule has 0 N–H and O–H groups in total. The van der Waals surface area contributed by atoms with Crippen LogP contribution in [0.3, 0.4) is 0 Å². The van der Waals surface area contributed by atoms with Crippen LogP contribution in [0.5, 0.6) is 0 Å². The van der Waals surface area contributed by atoms with E-state index in [0.29, 0.717) is 26.4 Å². The summed E-state index contributed by atoms with van der Waals surface area (Å²) in [6, 6.07) is 30.1. The first-order valence-electron chi connectivity index (χ1n) is 11.4. The van der Waals surface area contributed by atoms with Crippen LogP contribution in [0.25, 0.3) is 0 Å². The van der Waals surface area contributed by atoms with Gasteiger partial charge in [-0.25, -0.2) is 0 Å². The van der Waals surface area contributed by atoms with Gasteiger partial charge in [0.2, 0.25) is 0 Å². The minimum absolute atomic E-state index is 0.0439. The van der Waals surface area contributed by atoms with E-state index in [1.165, 1.54) is 6.92 Å². The number of rotatable bonds is 11. The fraction of sp³-hybridized carbons (Fsp3) is 0.321. The van der Waals surface area contributed by atoms with Crippen LogP contribution in [0.1, 0.15) is 23.6 Å². The van der Waals surface area contributed by atoms with Crippen molar-refractivity contribution in [2.24, 2.45) is 0 Å². The molecule has 178 valence electrons. The highest BCUT2D eigenvalue weighted by Gasteiger charge is 2.48. The van der Waals surface area contributed by atoms with E-state index in [0.717, 1.165) is 16.7 Å². The molecule has 0 saturated carbocycles. The molecule has 0 unspecified atom stereocenters. The first-order valence-corrected chi connectivity index (χ1v) is 12.4. The minimum atomic E-state index is -0.465. The second-order valence-corrected chi connectivity index (χ2v) is 9.52. The molecule has 1 aliphatic rings. The van der Waals surface area contributed by atoms with Crippen molar-refractivity contribution < 1.29 is 23.7 Å². The number of carbonyl (C=O) groups is 1. The molecule has 1 heterocycles. The van der Waals surface area contributed by atoms with Crippen LogP contribution < -0.4 is 0 Å². The summed E-state index contributed by atoms with van der Waals surface area (Å²) >= 11 is 1.54. The summed E-state index contributed by atoms with van der Waals surface area (Å²) in [4.78, 5) is 11.8. The first kappa shape index (κ1) is 24.5. The van der Waals surface area contributed by atoms with E-state index in [-0.39, 0.29) is 17.3 Å². The molecule has 6 heteroatoms. The van der Waals surface area contributed by atoms with E-state index >= 15 is 0 Å². The maximum atomic E-state index is 11.8. The zero-order valence-electron chi connectivity index (χ0n) is 19.2. The Bertz CT molecular complexity index is 999. The van der Waals surface area contributed by atoms with Gasteiger partial charge in [-0.1, -0.05) is 91.0 Å². The first-order chi connectivity index (χ1) is 16.7. The van der Waals surface area contributed by atoms with Crippen LogP contribution in [0, 0.1) is 0 Å². The molecular formula is C28H30O5S. The maximum absolute atomic E-state index is 11.8. The monoisotopic (exact) mass is 478 g/mol. The van der Waals surface area contributed by atoms with Gasteiger partial charge in [0.05, 0.1) is 31.7 Å². The van der Waals surface area contributed by atoms with Gasteiger partial charge in [-0.05, 0) is 16.7 Å². The highest BCUT2D eigenvalue weighted by atomic mass is 32.2. The van der Waals surface area contributed by atoms with E-state index in [9.17, 15) is 4.79 Å². The number of thioether (sulfide) groups is 1. The Morgan fingerprint density at radius 3 is 1.68 bits per heavy atom. The lowest BCUT2D eigenvalue weighted by atomic mass is 10.1. The van der Waals surface area contributed by atoms with Crippen molar-refractivity contribution in [1.29, 1.82) is 0 Å². The summed E-state index contributed by atoms with van der Waals surface area (Å²) < 4.78 is 24.4. The highest BCUT2D eigenvalue weighted by molar-refractivity contribution is 8.00. The molecule has 5 nitrogen and oxygen atoms in total. The second-order valence-electron chi connectivity index (χ2n) is 8.18. The van der Waals surface area contributed by atoms with Crippen molar-refractivity contribution in [2.45, 2.75) is 49.6 Å². The van der Waals surface area contributed by atoms with Gasteiger partial charge in [-0.3, -0.25) is 4.79 Å². The molecule has 3 aromatic rings. The number of hydrogen-bond donors (Lipinski definition) is 0. The third kappa shape index (κ3) is 7.18. The zero-order valence-corrected chi connectivity index (χ0v) is 20.1. The number of hydrogen-bond acceptors (Lipinski definition) is 6. The average Bonchev–Trinajstić information content (AvgIpc) is 3.18. The fourth-order valence-electron chi connectivity index (χ4n) is 3.86. The summed E-state index contributed by atoms with van der Waals surface area (Å²) in [6.07, 6.45) is -0.711. The third-order valence-corrected chi connectivity index (χ3v) is 6.90. The summed E-state index contributed by atoms with van der Waals surface area (Å²) in [6.45, 7) is 3.25. The molecule has 0 radical (unpaired) electrons. The van der Waals surface area contributed by atoms with Crippen LogP contribution >= 0.6 is 11.8 Å². The van der Waals surface area contributed by atoms with Crippen molar-refractivity contribution in [1.82, 2.24) is 0 Å². The lowest BCUT2D eigenvalue weighted by Gasteiger charge is -2.26.